The summed E-state index contributed by atoms with van der Waals surface area (Å²) in [7, 11) is 3.31. The van der Waals surface area contributed by atoms with E-state index in [1.807, 2.05) is 97.1 Å². The van der Waals surface area contributed by atoms with Crippen molar-refractivity contribution in [3.63, 3.8) is 0 Å². The summed E-state index contributed by atoms with van der Waals surface area (Å²) in [6.45, 7) is 4.01. The molecule has 22 heteroatoms. The molecule has 6 atom stereocenters. The molecule has 0 unspecified atom stereocenters. The number of pyridine rings is 2. The van der Waals surface area contributed by atoms with Crippen LogP contribution in [-0.4, -0.2) is 130 Å². The Kier molecular flexibility index (Phi) is 21.1. The van der Waals surface area contributed by atoms with Crippen LogP contribution in [0.3, 0.4) is 0 Å². The van der Waals surface area contributed by atoms with E-state index in [1.54, 1.807) is 88.9 Å². The van der Waals surface area contributed by atoms with Crippen molar-refractivity contribution in [3.8, 4) is 79.1 Å². The lowest BCUT2D eigenvalue weighted by atomic mass is 10.0. The SMILES string of the molecule is CN[C@@H](C)C(=O)N[C@H](C(=O)N1CCC[C@H]1C(=O)Nc1sc(-c2ccccn2)nc1-c1ccccc1)c1ccc(OCC#CC#CCOc2ccc([C@H](NC(=O)[C@H](C)NC)C(=O)N3CCC[C@H]3C(=O)Nc3sc(-c4ccccn4)nc3-c3ccccc3)cc2)cc1. The molecule has 10 rings (SSSR count). The first kappa shape index (κ1) is 62.9. The number of carbonyl (C=O) groups is 6. The van der Waals surface area contributed by atoms with Gasteiger partial charge in [0.15, 0.2) is 0 Å². The highest BCUT2D eigenvalue weighted by Crippen LogP contribution is 2.40. The number of nitrogens with zero attached hydrogens (tertiary/aromatic N) is 6. The highest BCUT2D eigenvalue weighted by atomic mass is 32.1. The van der Waals surface area contributed by atoms with Gasteiger partial charge in [0.25, 0.3) is 0 Å². The summed E-state index contributed by atoms with van der Waals surface area (Å²) in [5.41, 5.74) is 5.15. The maximum Gasteiger partial charge on any atom is 0.250 e. The van der Waals surface area contributed by atoms with Gasteiger partial charge in [0, 0.05) is 36.6 Å². The van der Waals surface area contributed by atoms with Crippen LogP contribution in [0.25, 0.3) is 43.9 Å². The summed E-state index contributed by atoms with van der Waals surface area (Å²) < 4.78 is 11.8. The Morgan fingerprint density at radius 3 is 1.29 bits per heavy atom. The molecule has 2 aliphatic heterocycles. The molecule has 2 saturated heterocycles. The second-order valence-corrected chi connectivity index (χ2v) is 23.1. The minimum Gasteiger partial charge on any atom is -0.481 e. The molecule has 458 valence electrons. The van der Waals surface area contributed by atoms with Crippen molar-refractivity contribution in [3.05, 3.63) is 169 Å². The monoisotopic (exact) mass is 1240 g/mol. The summed E-state index contributed by atoms with van der Waals surface area (Å²) in [6.07, 6.45) is 5.40. The van der Waals surface area contributed by atoms with Crippen LogP contribution in [0.2, 0.25) is 0 Å². The summed E-state index contributed by atoms with van der Waals surface area (Å²) >= 11 is 2.62. The molecule has 20 nitrogen and oxygen atoms in total. The third-order valence-electron chi connectivity index (χ3n) is 15.3. The standard InChI is InChI=1S/C68H66N12O8S2/c1-43(69-3)59(81)73-57(67(85)79-39-19-27-53(79)61(83)77-65-55(45-21-9-7-10-22-45)75-63(89-65)51-25-13-15-37-71-51)47-29-33-49(34-30-47)87-41-17-5-6-18-42-88-50-35-31-48(32-36-50)58(74-60(82)44(2)70-4)68(86)80-40-20-28-54(80)62(84)78-66-56(46-23-11-8-12-24-46)76-64(90-66)52-26-14-16-38-72-52/h7-16,21-26,29-38,43-44,53-54,57-58,69-70H,19-20,27-28,39-42H2,1-4H3,(H,73,81)(H,74,82)(H,77,83)(H,78,84)/t43-,44-,53-,54-,57-,58-/m0/s1. The lowest BCUT2D eigenvalue weighted by molar-refractivity contribution is -0.140. The van der Waals surface area contributed by atoms with Gasteiger partial charge in [-0.05, 0) is 137 Å². The quantitative estimate of drug-likeness (QED) is 0.0349. The molecule has 0 spiro atoms. The molecule has 0 aliphatic carbocycles. The number of likely N-dealkylation sites (tertiary alicyclic amines) is 2. The fraction of sp³-hybridized carbons (Fsp3) is 0.265. The van der Waals surface area contributed by atoms with E-state index in [-0.39, 0.29) is 25.0 Å². The van der Waals surface area contributed by atoms with E-state index >= 15 is 0 Å². The molecule has 8 aromatic rings. The van der Waals surface area contributed by atoms with Crippen molar-refractivity contribution in [1.29, 1.82) is 0 Å². The number of anilines is 2. The van der Waals surface area contributed by atoms with E-state index in [0.29, 0.717) is 104 Å². The predicted molar refractivity (Wildman–Crippen MR) is 347 cm³/mol. The number of ether oxygens (including phenoxy) is 2. The minimum atomic E-state index is -1.11. The van der Waals surface area contributed by atoms with Crippen LogP contribution in [0.4, 0.5) is 10.0 Å². The van der Waals surface area contributed by atoms with Crippen molar-refractivity contribution in [2.75, 3.05) is 51.0 Å². The fourth-order valence-corrected chi connectivity index (χ4v) is 12.1. The van der Waals surface area contributed by atoms with Crippen LogP contribution in [0.15, 0.2) is 158 Å². The fourth-order valence-electron chi connectivity index (χ4n) is 10.2. The molecule has 4 aromatic heterocycles. The van der Waals surface area contributed by atoms with Crippen LogP contribution in [0.5, 0.6) is 11.5 Å². The third-order valence-corrected chi connectivity index (χ3v) is 17.3. The summed E-state index contributed by atoms with van der Waals surface area (Å²) in [4.78, 5) is 106. The number of likely N-dealkylation sites (N-methyl/N-ethyl adjacent to an activating group) is 2. The Morgan fingerprint density at radius 1 is 0.533 bits per heavy atom. The molecule has 6 amide bonds. The molecular formula is C68H66N12O8S2. The average molecular weight is 1240 g/mol. The van der Waals surface area contributed by atoms with Gasteiger partial charge in [0.1, 0.15) is 80.3 Å². The van der Waals surface area contributed by atoms with E-state index in [4.69, 9.17) is 19.4 Å². The van der Waals surface area contributed by atoms with Gasteiger partial charge >= 0.3 is 0 Å². The van der Waals surface area contributed by atoms with E-state index in [2.05, 4.69) is 65.6 Å². The molecule has 4 aromatic carbocycles. The zero-order valence-corrected chi connectivity index (χ0v) is 51.5. The number of thiazole rings is 2. The summed E-state index contributed by atoms with van der Waals surface area (Å²) in [5, 5.41) is 20.2. The van der Waals surface area contributed by atoms with Gasteiger partial charge in [0.2, 0.25) is 35.4 Å². The summed E-state index contributed by atoms with van der Waals surface area (Å²) in [6, 6.07) is 38.7. The first-order chi connectivity index (χ1) is 43.9. The van der Waals surface area contributed by atoms with Crippen LogP contribution in [0, 0.1) is 23.7 Å². The number of nitrogens with one attached hydrogen (secondary N) is 6. The number of hydrogen-bond acceptors (Lipinski definition) is 16. The molecular weight excluding hydrogens is 1180 g/mol. The molecule has 90 heavy (non-hydrogen) atoms. The highest BCUT2D eigenvalue weighted by Gasteiger charge is 2.41. The first-order valence-corrected chi connectivity index (χ1v) is 31.0. The number of aromatic nitrogens is 4. The normalized spacial score (nSPS) is 15.6. The Balaban J connectivity index is 0.744. The smallest absolute Gasteiger partial charge is 0.250 e. The van der Waals surface area contributed by atoms with Crippen LogP contribution in [0.1, 0.15) is 62.7 Å². The van der Waals surface area contributed by atoms with Crippen molar-refractivity contribution < 1.29 is 38.2 Å². The number of amides is 6. The molecule has 6 heterocycles. The number of benzene rings is 4. The molecule has 2 aliphatic rings. The zero-order valence-electron chi connectivity index (χ0n) is 49.9. The lowest BCUT2D eigenvalue weighted by Crippen LogP contribution is -2.51. The van der Waals surface area contributed by atoms with Crippen LogP contribution in [-0.2, 0) is 28.8 Å². The van der Waals surface area contributed by atoms with Gasteiger partial charge in [-0.15, -0.1) is 0 Å². The van der Waals surface area contributed by atoms with Gasteiger partial charge < -0.3 is 51.2 Å². The van der Waals surface area contributed by atoms with Gasteiger partial charge in [-0.1, -0.05) is 120 Å². The van der Waals surface area contributed by atoms with Gasteiger partial charge in [-0.25, -0.2) is 9.97 Å². The minimum absolute atomic E-state index is 0.00399. The zero-order chi connectivity index (χ0) is 62.9. The maximum absolute atomic E-state index is 14.6. The van der Waals surface area contributed by atoms with Crippen molar-refractivity contribution in [2.45, 2.75) is 75.8 Å². The number of rotatable bonds is 22. The lowest BCUT2D eigenvalue weighted by Gasteiger charge is -2.29. The largest absolute Gasteiger partial charge is 0.481 e. The molecule has 6 N–H and O–H groups in total. The Bertz CT molecular complexity index is 3690. The Labute approximate surface area is 529 Å². The van der Waals surface area contributed by atoms with Crippen LogP contribution < -0.4 is 41.4 Å². The van der Waals surface area contributed by atoms with Gasteiger partial charge in [-0.2, -0.15) is 0 Å². The molecule has 0 saturated carbocycles. The van der Waals surface area contributed by atoms with Crippen molar-refractivity contribution >= 4 is 68.1 Å². The predicted octanol–water partition coefficient (Wildman–Crippen LogP) is 8.31. The highest BCUT2D eigenvalue weighted by molar-refractivity contribution is 7.20. The van der Waals surface area contributed by atoms with E-state index in [1.165, 1.54) is 32.5 Å². The molecule has 2 fully saturated rings. The average Bonchev–Trinajstić information content (AvgIpc) is 2.01. The second-order valence-electron chi connectivity index (χ2n) is 21.1. The van der Waals surface area contributed by atoms with Crippen LogP contribution >= 0.6 is 22.7 Å². The topological polar surface area (TPSA) is 251 Å². The first-order valence-electron chi connectivity index (χ1n) is 29.4. The van der Waals surface area contributed by atoms with Gasteiger partial charge in [0.05, 0.1) is 23.5 Å². The molecule has 0 radical (unpaired) electrons. The Morgan fingerprint density at radius 2 is 0.922 bits per heavy atom. The van der Waals surface area contributed by atoms with Crippen molar-refractivity contribution in [2.24, 2.45) is 0 Å². The second kappa shape index (κ2) is 30.2. The summed E-state index contributed by atoms with van der Waals surface area (Å²) in [5.74, 6) is 9.82. The third kappa shape index (κ3) is 15.4. The number of hydrogen-bond donors (Lipinski definition) is 6. The van der Waals surface area contributed by atoms with E-state index < -0.39 is 59.9 Å². The maximum atomic E-state index is 14.6. The van der Waals surface area contributed by atoms with Crippen molar-refractivity contribution in [1.82, 2.24) is 51.0 Å². The van der Waals surface area contributed by atoms with E-state index in [9.17, 15) is 28.8 Å². The number of carbonyl (C=O) groups excluding carboxylic acids is 6. The Hall–Kier alpha value is -10.1. The van der Waals surface area contributed by atoms with E-state index in [0.717, 1.165) is 11.1 Å². The molecule has 0 bridgehead atoms. The van der Waals surface area contributed by atoms with Gasteiger partial charge in [-0.3, -0.25) is 38.7 Å².